The summed E-state index contributed by atoms with van der Waals surface area (Å²) in [5, 5.41) is 0.0841. The Balaban J connectivity index is 2.22. The van der Waals surface area contributed by atoms with E-state index in [0.29, 0.717) is 25.3 Å². The SMILES string of the molecule is CC(C)C(=O)[C@@H](CN1CCOCC1)c1ccc(Cl)c(F)c1. The summed E-state index contributed by atoms with van der Waals surface area (Å²) in [6, 6.07) is 4.65. The lowest BCUT2D eigenvalue weighted by atomic mass is 9.88. The van der Waals surface area contributed by atoms with Crippen LogP contribution in [-0.2, 0) is 9.53 Å². The van der Waals surface area contributed by atoms with Gasteiger partial charge in [-0.05, 0) is 17.7 Å². The number of Topliss-reactive ketones (excluding diaryl/α,β-unsaturated/α-hetero) is 1. The first kappa shape index (κ1) is 16.4. The van der Waals surface area contributed by atoms with Crippen molar-refractivity contribution >= 4 is 17.4 Å². The Morgan fingerprint density at radius 2 is 2.05 bits per heavy atom. The van der Waals surface area contributed by atoms with Gasteiger partial charge in [-0.1, -0.05) is 31.5 Å². The van der Waals surface area contributed by atoms with Gasteiger partial charge in [-0.15, -0.1) is 0 Å². The van der Waals surface area contributed by atoms with Crippen LogP contribution in [0.4, 0.5) is 4.39 Å². The van der Waals surface area contributed by atoms with E-state index >= 15 is 0 Å². The summed E-state index contributed by atoms with van der Waals surface area (Å²) in [6.45, 7) is 7.31. The molecule has 1 fully saturated rings. The monoisotopic (exact) mass is 313 g/mol. The molecule has 1 aromatic rings. The molecule has 1 aromatic carbocycles. The van der Waals surface area contributed by atoms with Crippen molar-refractivity contribution in [3.8, 4) is 0 Å². The second-order valence-electron chi connectivity index (χ2n) is 5.70. The normalized spacial score (nSPS) is 18.0. The van der Waals surface area contributed by atoms with E-state index in [1.165, 1.54) is 12.1 Å². The molecule has 0 saturated carbocycles. The fourth-order valence-corrected chi connectivity index (χ4v) is 2.65. The zero-order chi connectivity index (χ0) is 15.4. The minimum atomic E-state index is -0.474. The largest absolute Gasteiger partial charge is 0.379 e. The second kappa shape index (κ2) is 7.34. The number of rotatable bonds is 5. The molecule has 21 heavy (non-hydrogen) atoms. The van der Waals surface area contributed by atoms with Crippen LogP contribution < -0.4 is 0 Å². The van der Waals surface area contributed by atoms with Gasteiger partial charge >= 0.3 is 0 Å². The van der Waals surface area contributed by atoms with Gasteiger partial charge in [-0.3, -0.25) is 9.69 Å². The molecule has 0 N–H and O–H groups in total. The highest BCUT2D eigenvalue weighted by molar-refractivity contribution is 6.30. The zero-order valence-corrected chi connectivity index (χ0v) is 13.2. The number of hydrogen-bond acceptors (Lipinski definition) is 3. The van der Waals surface area contributed by atoms with E-state index < -0.39 is 5.82 Å². The van der Waals surface area contributed by atoms with Crippen LogP contribution in [0.5, 0.6) is 0 Å². The highest BCUT2D eigenvalue weighted by atomic mass is 35.5. The zero-order valence-electron chi connectivity index (χ0n) is 12.4. The Hall–Kier alpha value is -0.970. The molecule has 0 bridgehead atoms. The molecule has 1 aliphatic rings. The molecule has 5 heteroatoms. The Kier molecular flexibility index (Phi) is 5.73. The molecule has 0 aromatic heterocycles. The lowest BCUT2D eigenvalue weighted by Gasteiger charge is -2.30. The average molecular weight is 314 g/mol. The summed E-state index contributed by atoms with van der Waals surface area (Å²) >= 11 is 5.73. The first-order valence-electron chi connectivity index (χ1n) is 7.28. The van der Waals surface area contributed by atoms with E-state index in [1.807, 2.05) is 13.8 Å². The van der Waals surface area contributed by atoms with Crippen LogP contribution in [0.15, 0.2) is 18.2 Å². The van der Waals surface area contributed by atoms with E-state index in [-0.39, 0.29) is 22.6 Å². The van der Waals surface area contributed by atoms with Crippen LogP contribution >= 0.6 is 11.6 Å². The first-order valence-corrected chi connectivity index (χ1v) is 7.65. The van der Waals surface area contributed by atoms with Crippen molar-refractivity contribution in [2.24, 2.45) is 5.92 Å². The van der Waals surface area contributed by atoms with E-state index in [1.54, 1.807) is 6.07 Å². The lowest BCUT2D eigenvalue weighted by Crippen LogP contribution is -2.41. The van der Waals surface area contributed by atoms with Crippen LogP contribution in [0.3, 0.4) is 0 Å². The van der Waals surface area contributed by atoms with Crippen molar-refractivity contribution in [3.63, 3.8) is 0 Å². The number of benzene rings is 1. The van der Waals surface area contributed by atoms with Crippen LogP contribution in [0, 0.1) is 11.7 Å². The Morgan fingerprint density at radius 1 is 1.38 bits per heavy atom. The molecule has 2 rings (SSSR count). The predicted molar refractivity (Wildman–Crippen MR) is 81.3 cm³/mol. The summed E-state index contributed by atoms with van der Waals surface area (Å²) in [5.41, 5.74) is 0.696. The lowest BCUT2D eigenvalue weighted by molar-refractivity contribution is -0.124. The highest BCUT2D eigenvalue weighted by Gasteiger charge is 2.27. The van der Waals surface area contributed by atoms with Gasteiger partial charge in [0.2, 0.25) is 0 Å². The standard InChI is InChI=1S/C16H21ClFNO2/c1-11(2)16(20)13(10-19-5-7-21-8-6-19)12-3-4-14(17)15(18)9-12/h3-4,9,11,13H,5-8,10H2,1-2H3/t13-/m0/s1. The minimum Gasteiger partial charge on any atom is -0.379 e. The van der Waals surface area contributed by atoms with E-state index in [9.17, 15) is 9.18 Å². The number of carbonyl (C=O) groups is 1. The number of hydrogen-bond donors (Lipinski definition) is 0. The predicted octanol–water partition coefficient (Wildman–Crippen LogP) is 3.12. The van der Waals surface area contributed by atoms with Crippen LogP contribution in [-0.4, -0.2) is 43.5 Å². The fraction of sp³-hybridized carbons (Fsp3) is 0.562. The third kappa shape index (κ3) is 4.25. The van der Waals surface area contributed by atoms with E-state index in [2.05, 4.69) is 4.90 Å². The third-order valence-corrected chi connectivity index (χ3v) is 4.11. The van der Waals surface area contributed by atoms with Crippen LogP contribution in [0.2, 0.25) is 5.02 Å². The fourth-order valence-electron chi connectivity index (χ4n) is 2.53. The molecule has 0 aliphatic carbocycles. The average Bonchev–Trinajstić information content (AvgIpc) is 2.48. The van der Waals surface area contributed by atoms with Crippen LogP contribution in [0.25, 0.3) is 0 Å². The maximum atomic E-state index is 13.7. The summed E-state index contributed by atoms with van der Waals surface area (Å²) in [4.78, 5) is 14.7. The van der Waals surface area contributed by atoms with Crippen molar-refractivity contribution in [1.82, 2.24) is 4.90 Å². The summed E-state index contributed by atoms with van der Waals surface area (Å²) in [7, 11) is 0. The topological polar surface area (TPSA) is 29.5 Å². The van der Waals surface area contributed by atoms with Gasteiger partial charge in [0.15, 0.2) is 0 Å². The minimum absolute atomic E-state index is 0.0841. The first-order chi connectivity index (χ1) is 9.99. The van der Waals surface area contributed by atoms with Crippen molar-refractivity contribution in [1.29, 1.82) is 0 Å². The number of ether oxygens (including phenoxy) is 1. The number of nitrogens with zero attached hydrogens (tertiary/aromatic N) is 1. The molecule has 0 unspecified atom stereocenters. The smallest absolute Gasteiger partial charge is 0.144 e. The van der Waals surface area contributed by atoms with Gasteiger partial charge in [0.1, 0.15) is 11.6 Å². The van der Waals surface area contributed by atoms with Crippen LogP contribution in [0.1, 0.15) is 25.3 Å². The Morgan fingerprint density at radius 3 is 2.62 bits per heavy atom. The van der Waals surface area contributed by atoms with E-state index in [4.69, 9.17) is 16.3 Å². The molecular weight excluding hydrogens is 293 g/mol. The van der Waals surface area contributed by atoms with Gasteiger partial charge in [0, 0.05) is 25.6 Å². The van der Waals surface area contributed by atoms with Gasteiger partial charge < -0.3 is 4.74 Å². The number of halogens is 2. The number of carbonyl (C=O) groups excluding carboxylic acids is 1. The summed E-state index contributed by atoms with van der Waals surface area (Å²) in [6.07, 6.45) is 0. The molecule has 1 saturated heterocycles. The van der Waals surface area contributed by atoms with Gasteiger partial charge in [0.25, 0.3) is 0 Å². The maximum Gasteiger partial charge on any atom is 0.144 e. The summed E-state index contributed by atoms with van der Waals surface area (Å²) in [5.74, 6) is -0.759. The molecule has 1 atom stereocenters. The van der Waals surface area contributed by atoms with Crippen molar-refractivity contribution < 1.29 is 13.9 Å². The molecule has 1 aliphatic heterocycles. The molecule has 0 radical (unpaired) electrons. The third-order valence-electron chi connectivity index (χ3n) is 3.80. The molecule has 0 spiro atoms. The highest BCUT2D eigenvalue weighted by Crippen LogP contribution is 2.26. The van der Waals surface area contributed by atoms with Gasteiger partial charge in [-0.25, -0.2) is 4.39 Å². The van der Waals surface area contributed by atoms with Gasteiger partial charge in [-0.2, -0.15) is 0 Å². The second-order valence-corrected chi connectivity index (χ2v) is 6.10. The van der Waals surface area contributed by atoms with Crippen molar-refractivity contribution in [3.05, 3.63) is 34.6 Å². The molecule has 1 heterocycles. The van der Waals surface area contributed by atoms with Crippen molar-refractivity contribution in [2.45, 2.75) is 19.8 Å². The Bertz CT molecular complexity index is 501. The molecule has 116 valence electrons. The van der Waals surface area contributed by atoms with Crippen molar-refractivity contribution in [2.75, 3.05) is 32.8 Å². The molecular formula is C16H21ClFNO2. The van der Waals surface area contributed by atoms with E-state index in [0.717, 1.165) is 13.1 Å². The maximum absolute atomic E-state index is 13.7. The molecule has 0 amide bonds. The quantitative estimate of drug-likeness (QED) is 0.836. The number of morpholine rings is 1. The summed E-state index contributed by atoms with van der Waals surface area (Å²) < 4.78 is 19.0. The molecule has 3 nitrogen and oxygen atoms in total. The Labute approximate surface area is 130 Å². The number of ketones is 1. The van der Waals surface area contributed by atoms with Gasteiger partial charge in [0.05, 0.1) is 24.2 Å².